The van der Waals surface area contributed by atoms with Gasteiger partial charge in [-0.2, -0.15) is 5.10 Å². The standard InChI is InChI=1S/C12H14BrN3/c1-9(14)12(16-8-2-7-15-16)10-3-5-11(13)6-4-10/h2-9,12H,14H2,1H3. The third-order valence-corrected chi connectivity index (χ3v) is 3.05. The van der Waals surface area contributed by atoms with Gasteiger partial charge in [0.2, 0.25) is 0 Å². The minimum Gasteiger partial charge on any atom is -0.326 e. The van der Waals surface area contributed by atoms with Crippen LogP contribution in [0.15, 0.2) is 47.2 Å². The van der Waals surface area contributed by atoms with E-state index in [0.717, 1.165) is 4.47 Å². The first-order chi connectivity index (χ1) is 7.68. The molecule has 2 unspecified atom stereocenters. The first-order valence-electron chi connectivity index (χ1n) is 5.18. The van der Waals surface area contributed by atoms with Gasteiger partial charge in [0.05, 0.1) is 6.04 Å². The Kier molecular flexibility index (Phi) is 3.41. The van der Waals surface area contributed by atoms with E-state index in [1.54, 1.807) is 6.20 Å². The van der Waals surface area contributed by atoms with E-state index in [-0.39, 0.29) is 12.1 Å². The van der Waals surface area contributed by atoms with Gasteiger partial charge in [0.15, 0.2) is 0 Å². The summed E-state index contributed by atoms with van der Waals surface area (Å²) < 4.78 is 2.97. The average molecular weight is 280 g/mol. The average Bonchev–Trinajstić information content (AvgIpc) is 2.74. The second kappa shape index (κ2) is 4.80. The van der Waals surface area contributed by atoms with Crippen LogP contribution in [0.4, 0.5) is 0 Å². The summed E-state index contributed by atoms with van der Waals surface area (Å²) in [6.07, 6.45) is 3.71. The van der Waals surface area contributed by atoms with E-state index < -0.39 is 0 Å². The third kappa shape index (κ3) is 2.33. The van der Waals surface area contributed by atoms with Crippen LogP contribution in [0.5, 0.6) is 0 Å². The van der Waals surface area contributed by atoms with Crippen LogP contribution in [0.3, 0.4) is 0 Å². The summed E-state index contributed by atoms with van der Waals surface area (Å²) in [6, 6.07) is 10.2. The summed E-state index contributed by atoms with van der Waals surface area (Å²) in [5, 5.41) is 4.26. The molecule has 0 saturated carbocycles. The van der Waals surface area contributed by atoms with Gasteiger partial charge in [0.1, 0.15) is 0 Å². The van der Waals surface area contributed by atoms with Crippen molar-refractivity contribution in [1.29, 1.82) is 0 Å². The molecule has 4 heteroatoms. The normalized spacial score (nSPS) is 14.7. The fourth-order valence-electron chi connectivity index (χ4n) is 1.80. The molecule has 0 aliphatic carbocycles. The number of rotatable bonds is 3. The summed E-state index contributed by atoms with van der Waals surface area (Å²) in [7, 11) is 0. The second-order valence-electron chi connectivity index (χ2n) is 3.84. The van der Waals surface area contributed by atoms with Crippen LogP contribution in [-0.2, 0) is 0 Å². The first-order valence-corrected chi connectivity index (χ1v) is 5.98. The van der Waals surface area contributed by atoms with Gasteiger partial charge in [0.25, 0.3) is 0 Å². The Morgan fingerprint density at radius 2 is 2.00 bits per heavy atom. The smallest absolute Gasteiger partial charge is 0.0916 e. The number of benzene rings is 1. The molecule has 1 aromatic heterocycles. The van der Waals surface area contributed by atoms with Crippen LogP contribution in [0, 0.1) is 0 Å². The van der Waals surface area contributed by atoms with Crippen LogP contribution >= 0.6 is 15.9 Å². The lowest BCUT2D eigenvalue weighted by molar-refractivity contribution is 0.454. The highest BCUT2D eigenvalue weighted by molar-refractivity contribution is 9.10. The van der Waals surface area contributed by atoms with Crippen molar-refractivity contribution < 1.29 is 0 Å². The Bertz CT molecular complexity index is 434. The minimum atomic E-state index is 0.0149. The largest absolute Gasteiger partial charge is 0.326 e. The van der Waals surface area contributed by atoms with Gasteiger partial charge in [-0.05, 0) is 30.7 Å². The van der Waals surface area contributed by atoms with E-state index in [2.05, 4.69) is 33.2 Å². The molecular weight excluding hydrogens is 266 g/mol. The molecule has 0 radical (unpaired) electrons. The van der Waals surface area contributed by atoms with E-state index in [4.69, 9.17) is 5.73 Å². The molecule has 84 valence electrons. The Hall–Kier alpha value is -1.13. The number of nitrogens with zero attached hydrogens (tertiary/aromatic N) is 2. The quantitative estimate of drug-likeness (QED) is 0.939. The molecule has 2 N–H and O–H groups in total. The Morgan fingerprint density at radius 1 is 1.31 bits per heavy atom. The topological polar surface area (TPSA) is 43.8 Å². The summed E-state index contributed by atoms with van der Waals surface area (Å²) in [5.41, 5.74) is 7.19. The number of halogens is 1. The predicted molar refractivity (Wildman–Crippen MR) is 68.2 cm³/mol. The lowest BCUT2D eigenvalue weighted by atomic mass is 10.0. The van der Waals surface area contributed by atoms with Crippen molar-refractivity contribution in [3.8, 4) is 0 Å². The Balaban J connectivity index is 2.37. The molecule has 1 aromatic carbocycles. The second-order valence-corrected chi connectivity index (χ2v) is 4.76. The zero-order chi connectivity index (χ0) is 11.5. The first kappa shape index (κ1) is 11.4. The lowest BCUT2D eigenvalue weighted by Gasteiger charge is -2.21. The number of nitrogens with two attached hydrogens (primary N) is 1. The Morgan fingerprint density at radius 3 is 2.50 bits per heavy atom. The van der Waals surface area contributed by atoms with Gasteiger partial charge < -0.3 is 5.73 Å². The zero-order valence-corrected chi connectivity index (χ0v) is 10.6. The molecule has 0 aliphatic rings. The van der Waals surface area contributed by atoms with Crippen molar-refractivity contribution in [2.45, 2.75) is 19.0 Å². The number of aromatic nitrogens is 2. The highest BCUT2D eigenvalue weighted by Crippen LogP contribution is 2.22. The Labute approximate surface area is 103 Å². The SMILES string of the molecule is CC(N)C(c1ccc(Br)cc1)n1cccn1. The third-order valence-electron chi connectivity index (χ3n) is 2.52. The monoisotopic (exact) mass is 279 g/mol. The molecule has 2 rings (SSSR count). The molecule has 1 heterocycles. The molecule has 2 aromatic rings. The molecule has 0 saturated heterocycles. The van der Waals surface area contributed by atoms with Gasteiger partial charge >= 0.3 is 0 Å². The van der Waals surface area contributed by atoms with Crippen molar-refractivity contribution in [2.75, 3.05) is 0 Å². The summed E-state index contributed by atoms with van der Waals surface area (Å²) in [4.78, 5) is 0. The molecule has 0 bridgehead atoms. The van der Waals surface area contributed by atoms with Crippen molar-refractivity contribution in [3.63, 3.8) is 0 Å². The maximum absolute atomic E-state index is 6.03. The minimum absolute atomic E-state index is 0.0149. The van der Waals surface area contributed by atoms with E-state index in [1.807, 2.05) is 36.0 Å². The van der Waals surface area contributed by atoms with Gasteiger partial charge in [0, 0.05) is 22.9 Å². The summed E-state index contributed by atoms with van der Waals surface area (Å²) in [5.74, 6) is 0. The van der Waals surface area contributed by atoms with Gasteiger partial charge in [-0.1, -0.05) is 28.1 Å². The summed E-state index contributed by atoms with van der Waals surface area (Å²) >= 11 is 3.43. The number of hydrogen-bond acceptors (Lipinski definition) is 2. The molecule has 0 amide bonds. The molecular formula is C12H14BrN3. The van der Waals surface area contributed by atoms with Crippen molar-refractivity contribution in [1.82, 2.24) is 9.78 Å². The van der Waals surface area contributed by atoms with Crippen LogP contribution in [-0.4, -0.2) is 15.8 Å². The van der Waals surface area contributed by atoms with Crippen LogP contribution in [0.1, 0.15) is 18.5 Å². The van der Waals surface area contributed by atoms with E-state index in [9.17, 15) is 0 Å². The number of hydrogen-bond donors (Lipinski definition) is 1. The van der Waals surface area contributed by atoms with Gasteiger partial charge in [-0.15, -0.1) is 0 Å². The van der Waals surface area contributed by atoms with E-state index >= 15 is 0 Å². The maximum Gasteiger partial charge on any atom is 0.0916 e. The maximum atomic E-state index is 6.03. The van der Waals surface area contributed by atoms with Crippen molar-refractivity contribution >= 4 is 15.9 Å². The molecule has 16 heavy (non-hydrogen) atoms. The molecule has 0 fully saturated rings. The van der Waals surface area contributed by atoms with E-state index in [1.165, 1.54) is 5.56 Å². The van der Waals surface area contributed by atoms with Crippen molar-refractivity contribution in [3.05, 3.63) is 52.8 Å². The summed E-state index contributed by atoms with van der Waals surface area (Å²) in [6.45, 7) is 1.99. The van der Waals surface area contributed by atoms with Crippen LogP contribution in [0.25, 0.3) is 0 Å². The fraction of sp³-hybridized carbons (Fsp3) is 0.250. The molecule has 0 spiro atoms. The van der Waals surface area contributed by atoms with Crippen LogP contribution < -0.4 is 5.73 Å². The van der Waals surface area contributed by atoms with Gasteiger partial charge in [-0.3, -0.25) is 4.68 Å². The van der Waals surface area contributed by atoms with E-state index in [0.29, 0.717) is 0 Å². The highest BCUT2D eigenvalue weighted by Gasteiger charge is 2.18. The molecule has 2 atom stereocenters. The zero-order valence-electron chi connectivity index (χ0n) is 9.05. The molecule has 3 nitrogen and oxygen atoms in total. The van der Waals surface area contributed by atoms with Crippen LogP contribution in [0.2, 0.25) is 0 Å². The fourth-order valence-corrected chi connectivity index (χ4v) is 2.07. The van der Waals surface area contributed by atoms with Gasteiger partial charge in [-0.25, -0.2) is 0 Å². The molecule has 0 aliphatic heterocycles. The lowest BCUT2D eigenvalue weighted by Crippen LogP contribution is -2.30. The van der Waals surface area contributed by atoms with Crippen molar-refractivity contribution in [2.24, 2.45) is 5.73 Å². The predicted octanol–water partition coefficient (Wildman–Crippen LogP) is 2.58. The highest BCUT2D eigenvalue weighted by atomic mass is 79.9.